The fourth-order valence-electron chi connectivity index (χ4n) is 2.06. The molecule has 2 heterocycles. The van der Waals surface area contributed by atoms with Gasteiger partial charge in [-0.1, -0.05) is 0 Å². The van der Waals surface area contributed by atoms with Crippen LogP contribution in [-0.2, 0) is 24.2 Å². The second-order valence-electron chi connectivity index (χ2n) is 5.19. The maximum atomic E-state index is 12.6. The fraction of sp³-hybridized carbons (Fsp3) is 0.643. The second kappa shape index (κ2) is 8.20. The molecule has 1 aliphatic heterocycles. The third-order valence-electron chi connectivity index (χ3n) is 3.17. The van der Waals surface area contributed by atoms with Crippen molar-refractivity contribution in [1.82, 2.24) is 4.31 Å². The van der Waals surface area contributed by atoms with Gasteiger partial charge in [-0.15, -0.1) is 11.3 Å². The van der Waals surface area contributed by atoms with E-state index in [4.69, 9.17) is 14.2 Å². The van der Waals surface area contributed by atoms with Crippen LogP contribution in [0.1, 0.15) is 23.5 Å². The Bertz CT molecular complexity index is 619. The Labute approximate surface area is 140 Å². The van der Waals surface area contributed by atoms with Crippen molar-refractivity contribution in [2.75, 3.05) is 39.5 Å². The van der Waals surface area contributed by atoms with E-state index in [0.29, 0.717) is 13.2 Å². The first-order valence-corrected chi connectivity index (χ1v) is 9.69. The van der Waals surface area contributed by atoms with Crippen molar-refractivity contribution in [1.29, 1.82) is 0 Å². The van der Waals surface area contributed by atoms with Gasteiger partial charge in [0, 0.05) is 13.1 Å². The van der Waals surface area contributed by atoms with Crippen molar-refractivity contribution in [2.24, 2.45) is 0 Å². The van der Waals surface area contributed by atoms with E-state index in [0.717, 1.165) is 11.3 Å². The number of thiophene rings is 1. The van der Waals surface area contributed by atoms with Gasteiger partial charge in [0.15, 0.2) is 0 Å². The number of carbonyl (C=O) groups excluding carboxylic acids is 1. The minimum atomic E-state index is -3.71. The lowest BCUT2D eigenvalue weighted by molar-refractivity contribution is 0.0178. The SMILES string of the molecule is CC(C)OCCOC(=O)c1sccc1S(=O)(=O)N1CCOCC1. The van der Waals surface area contributed by atoms with Crippen LogP contribution in [0.5, 0.6) is 0 Å². The van der Waals surface area contributed by atoms with Crippen molar-refractivity contribution in [3.8, 4) is 0 Å². The minimum Gasteiger partial charge on any atom is -0.459 e. The maximum absolute atomic E-state index is 12.6. The van der Waals surface area contributed by atoms with Gasteiger partial charge in [0.05, 0.1) is 25.9 Å². The Kier molecular flexibility index (Phi) is 6.54. The van der Waals surface area contributed by atoms with Gasteiger partial charge in [0.2, 0.25) is 10.0 Å². The Morgan fingerprint density at radius 2 is 2.04 bits per heavy atom. The first kappa shape index (κ1) is 18.3. The molecular formula is C14H21NO6S2. The zero-order valence-corrected chi connectivity index (χ0v) is 14.8. The molecule has 0 amide bonds. The molecule has 23 heavy (non-hydrogen) atoms. The lowest BCUT2D eigenvalue weighted by Gasteiger charge is -2.25. The van der Waals surface area contributed by atoms with Crippen molar-refractivity contribution >= 4 is 27.3 Å². The average molecular weight is 363 g/mol. The van der Waals surface area contributed by atoms with E-state index in [9.17, 15) is 13.2 Å². The summed E-state index contributed by atoms with van der Waals surface area (Å²) in [5.41, 5.74) is 0. The first-order valence-electron chi connectivity index (χ1n) is 7.37. The van der Waals surface area contributed by atoms with Crippen LogP contribution in [0.25, 0.3) is 0 Å². The van der Waals surface area contributed by atoms with Gasteiger partial charge in [-0.25, -0.2) is 13.2 Å². The molecule has 2 rings (SSSR count). The van der Waals surface area contributed by atoms with E-state index in [-0.39, 0.29) is 42.2 Å². The number of esters is 1. The number of rotatable bonds is 7. The molecule has 0 atom stereocenters. The highest BCUT2D eigenvalue weighted by Crippen LogP contribution is 2.26. The summed E-state index contributed by atoms with van der Waals surface area (Å²) in [6.07, 6.45) is 0.0488. The fourth-order valence-corrected chi connectivity index (χ4v) is 4.75. The highest BCUT2D eigenvalue weighted by molar-refractivity contribution is 7.89. The molecule has 1 aromatic heterocycles. The third kappa shape index (κ3) is 4.74. The van der Waals surface area contributed by atoms with Crippen LogP contribution in [0.3, 0.4) is 0 Å². The van der Waals surface area contributed by atoms with Crippen LogP contribution in [0.4, 0.5) is 0 Å². The molecule has 0 aromatic carbocycles. The van der Waals surface area contributed by atoms with Crippen LogP contribution in [0.15, 0.2) is 16.3 Å². The van der Waals surface area contributed by atoms with Crippen molar-refractivity contribution in [2.45, 2.75) is 24.8 Å². The molecule has 0 spiro atoms. The second-order valence-corrected chi connectivity index (χ2v) is 8.01. The van der Waals surface area contributed by atoms with Gasteiger partial charge in [-0.05, 0) is 25.3 Å². The number of carbonyl (C=O) groups is 1. The molecule has 7 nitrogen and oxygen atoms in total. The van der Waals surface area contributed by atoms with Crippen LogP contribution >= 0.6 is 11.3 Å². The normalized spacial score (nSPS) is 16.7. The topological polar surface area (TPSA) is 82.1 Å². The van der Waals surface area contributed by atoms with Crippen LogP contribution in [0.2, 0.25) is 0 Å². The van der Waals surface area contributed by atoms with Crippen LogP contribution in [-0.4, -0.2) is 64.3 Å². The lowest BCUT2D eigenvalue weighted by Crippen LogP contribution is -2.40. The largest absolute Gasteiger partial charge is 0.459 e. The number of hydrogen-bond donors (Lipinski definition) is 0. The van der Waals surface area contributed by atoms with Gasteiger partial charge < -0.3 is 14.2 Å². The zero-order chi connectivity index (χ0) is 16.9. The molecule has 1 aliphatic rings. The average Bonchev–Trinajstić information content (AvgIpc) is 3.02. The molecule has 0 N–H and O–H groups in total. The van der Waals surface area contributed by atoms with Gasteiger partial charge >= 0.3 is 5.97 Å². The summed E-state index contributed by atoms with van der Waals surface area (Å²) in [7, 11) is -3.71. The van der Waals surface area contributed by atoms with E-state index < -0.39 is 16.0 Å². The smallest absolute Gasteiger partial charge is 0.349 e. The lowest BCUT2D eigenvalue weighted by atomic mass is 10.5. The number of morpholine rings is 1. The predicted octanol–water partition coefficient (Wildman–Crippen LogP) is 1.35. The third-order valence-corrected chi connectivity index (χ3v) is 6.13. The molecular weight excluding hydrogens is 342 g/mol. The summed E-state index contributed by atoms with van der Waals surface area (Å²) >= 11 is 1.06. The van der Waals surface area contributed by atoms with Gasteiger partial charge in [0.25, 0.3) is 0 Å². The monoisotopic (exact) mass is 363 g/mol. The molecule has 1 fully saturated rings. The number of hydrogen-bond acceptors (Lipinski definition) is 7. The van der Waals surface area contributed by atoms with Crippen LogP contribution < -0.4 is 0 Å². The number of nitrogens with zero attached hydrogens (tertiary/aromatic N) is 1. The summed E-state index contributed by atoms with van der Waals surface area (Å²) < 4.78 is 42.2. The van der Waals surface area contributed by atoms with Gasteiger partial charge in [-0.3, -0.25) is 0 Å². The van der Waals surface area contributed by atoms with Crippen molar-refractivity contribution in [3.63, 3.8) is 0 Å². The highest BCUT2D eigenvalue weighted by Gasteiger charge is 2.31. The predicted molar refractivity (Wildman–Crippen MR) is 85.3 cm³/mol. The Morgan fingerprint density at radius 3 is 2.70 bits per heavy atom. The quantitative estimate of drug-likeness (QED) is 0.537. The minimum absolute atomic E-state index is 0.000761. The molecule has 130 valence electrons. The van der Waals surface area contributed by atoms with E-state index in [1.165, 1.54) is 10.4 Å². The summed E-state index contributed by atoms with van der Waals surface area (Å²) in [6, 6.07) is 1.44. The van der Waals surface area contributed by atoms with Gasteiger partial charge in [-0.2, -0.15) is 4.31 Å². The molecule has 0 bridgehead atoms. The molecule has 0 saturated carbocycles. The Balaban J connectivity index is 2.04. The van der Waals surface area contributed by atoms with E-state index in [1.54, 1.807) is 5.38 Å². The van der Waals surface area contributed by atoms with Crippen LogP contribution in [0, 0.1) is 0 Å². The highest BCUT2D eigenvalue weighted by atomic mass is 32.2. The Hall–Kier alpha value is -1.00. The summed E-state index contributed by atoms with van der Waals surface area (Å²) in [6.45, 7) is 5.42. The molecule has 1 saturated heterocycles. The molecule has 0 aliphatic carbocycles. The number of sulfonamides is 1. The number of ether oxygens (including phenoxy) is 3. The van der Waals surface area contributed by atoms with E-state index in [2.05, 4.69) is 0 Å². The summed E-state index contributed by atoms with van der Waals surface area (Å²) in [4.78, 5) is 12.2. The summed E-state index contributed by atoms with van der Waals surface area (Å²) in [5.74, 6) is -0.640. The Morgan fingerprint density at radius 1 is 1.35 bits per heavy atom. The first-order chi connectivity index (χ1) is 10.9. The molecule has 9 heteroatoms. The standard InChI is InChI=1S/C14H21NO6S2/c1-11(2)20-8-9-21-14(16)13-12(3-10-22-13)23(17,18)15-4-6-19-7-5-15/h3,10-11H,4-9H2,1-2H3. The van der Waals surface area contributed by atoms with E-state index >= 15 is 0 Å². The molecule has 0 radical (unpaired) electrons. The van der Waals surface area contributed by atoms with E-state index in [1.807, 2.05) is 13.8 Å². The molecule has 0 unspecified atom stereocenters. The maximum Gasteiger partial charge on any atom is 0.349 e. The van der Waals surface area contributed by atoms with Crippen molar-refractivity contribution < 1.29 is 27.4 Å². The van der Waals surface area contributed by atoms with Gasteiger partial charge in [0.1, 0.15) is 16.4 Å². The molecule has 1 aromatic rings. The zero-order valence-electron chi connectivity index (χ0n) is 13.2. The summed E-state index contributed by atoms with van der Waals surface area (Å²) in [5, 5.41) is 1.58. The van der Waals surface area contributed by atoms with Crippen molar-refractivity contribution in [3.05, 3.63) is 16.3 Å².